The Morgan fingerprint density at radius 2 is 1.38 bits per heavy atom. The van der Waals surface area contributed by atoms with Crippen molar-refractivity contribution < 1.29 is 14.7 Å². The third-order valence-electron chi connectivity index (χ3n) is 4.37. The van der Waals surface area contributed by atoms with Gasteiger partial charge in [-0.1, -0.05) is 30.3 Å². The molecule has 0 aliphatic heterocycles. The lowest BCUT2D eigenvalue weighted by Crippen LogP contribution is -2.15. The zero-order chi connectivity index (χ0) is 20.2. The first kappa shape index (κ1) is 18.5. The fourth-order valence-corrected chi connectivity index (χ4v) is 2.93. The van der Waals surface area contributed by atoms with E-state index in [0.29, 0.717) is 39.7 Å². The molecular weight excluding hydrogens is 368 g/mol. The Bertz CT molecular complexity index is 1110. The van der Waals surface area contributed by atoms with Crippen molar-refractivity contribution in [2.24, 2.45) is 0 Å². The summed E-state index contributed by atoms with van der Waals surface area (Å²) in [6, 6.07) is 22.0. The predicted octanol–water partition coefficient (Wildman–Crippen LogP) is 4.92. The number of methoxy groups -OCH3 is 2. The van der Waals surface area contributed by atoms with Crippen molar-refractivity contribution in [3.05, 3.63) is 72.8 Å². The van der Waals surface area contributed by atoms with Gasteiger partial charge in [-0.15, -0.1) is 0 Å². The number of benzene rings is 3. The van der Waals surface area contributed by atoms with E-state index in [9.17, 15) is 5.21 Å². The van der Waals surface area contributed by atoms with E-state index in [1.54, 1.807) is 32.4 Å². The minimum atomic E-state index is 0.275. The summed E-state index contributed by atoms with van der Waals surface area (Å²) in [5.74, 6) is 1.93. The lowest BCUT2D eigenvalue weighted by Gasteiger charge is -2.20. The maximum Gasteiger partial charge on any atom is 0.201 e. The second kappa shape index (κ2) is 8.04. The van der Waals surface area contributed by atoms with Crippen molar-refractivity contribution in [2.45, 2.75) is 0 Å². The van der Waals surface area contributed by atoms with E-state index in [4.69, 9.17) is 9.47 Å². The molecule has 7 heteroatoms. The SMILES string of the molecule is COc1cc(Nc2nc3ccccc3nc2N(O)c2ccccc2)cc(OC)c1. The highest BCUT2D eigenvalue weighted by Crippen LogP contribution is 2.33. The van der Waals surface area contributed by atoms with Gasteiger partial charge in [0.25, 0.3) is 0 Å². The van der Waals surface area contributed by atoms with Crippen molar-refractivity contribution >= 4 is 34.0 Å². The van der Waals surface area contributed by atoms with Crippen LogP contribution in [0.3, 0.4) is 0 Å². The number of nitrogens with one attached hydrogen (secondary N) is 1. The van der Waals surface area contributed by atoms with Crippen LogP contribution in [0.5, 0.6) is 11.5 Å². The average molecular weight is 388 g/mol. The second-order valence-corrected chi connectivity index (χ2v) is 6.26. The van der Waals surface area contributed by atoms with Gasteiger partial charge in [0.05, 0.1) is 30.9 Å². The number of rotatable bonds is 6. The van der Waals surface area contributed by atoms with Crippen LogP contribution in [0.15, 0.2) is 72.8 Å². The molecule has 0 saturated heterocycles. The molecule has 146 valence electrons. The number of fused-ring (bicyclic) bond motifs is 1. The van der Waals surface area contributed by atoms with E-state index < -0.39 is 0 Å². The fraction of sp³-hybridized carbons (Fsp3) is 0.0909. The summed E-state index contributed by atoms with van der Waals surface area (Å²) in [5, 5.41) is 15.1. The molecule has 0 fully saturated rings. The van der Waals surface area contributed by atoms with Crippen LogP contribution in [-0.2, 0) is 0 Å². The van der Waals surface area contributed by atoms with Crippen LogP contribution in [0.25, 0.3) is 11.0 Å². The zero-order valence-corrected chi connectivity index (χ0v) is 16.0. The Kier molecular flexibility index (Phi) is 5.13. The second-order valence-electron chi connectivity index (χ2n) is 6.26. The number of aromatic nitrogens is 2. The summed E-state index contributed by atoms with van der Waals surface area (Å²) < 4.78 is 10.7. The van der Waals surface area contributed by atoms with Crippen molar-refractivity contribution in [3.63, 3.8) is 0 Å². The Morgan fingerprint density at radius 1 is 0.793 bits per heavy atom. The van der Waals surface area contributed by atoms with Gasteiger partial charge >= 0.3 is 0 Å². The summed E-state index contributed by atoms with van der Waals surface area (Å²) in [6.45, 7) is 0. The Balaban J connectivity index is 1.82. The number of hydrogen-bond donors (Lipinski definition) is 2. The van der Waals surface area contributed by atoms with Crippen LogP contribution in [-0.4, -0.2) is 29.4 Å². The first-order valence-electron chi connectivity index (χ1n) is 8.99. The van der Waals surface area contributed by atoms with Gasteiger partial charge in [0.2, 0.25) is 5.82 Å². The smallest absolute Gasteiger partial charge is 0.201 e. The molecule has 4 rings (SSSR count). The minimum Gasteiger partial charge on any atom is -0.497 e. The standard InChI is InChI=1S/C22H20N4O3/c1-28-17-12-15(13-18(14-17)29-2)23-21-22(26(27)16-8-4-3-5-9-16)25-20-11-7-6-10-19(20)24-21/h3-14,27H,1-2H3,(H,23,24). The van der Waals surface area contributed by atoms with Crippen molar-refractivity contribution in [1.29, 1.82) is 0 Å². The summed E-state index contributed by atoms with van der Waals surface area (Å²) >= 11 is 0. The zero-order valence-electron chi connectivity index (χ0n) is 16.0. The van der Waals surface area contributed by atoms with Gasteiger partial charge in [0.1, 0.15) is 11.5 Å². The molecule has 0 aliphatic carbocycles. The Hall–Kier alpha value is -3.84. The molecule has 0 aliphatic rings. The molecule has 0 unspecified atom stereocenters. The van der Waals surface area contributed by atoms with Gasteiger partial charge in [-0.05, 0) is 24.3 Å². The largest absolute Gasteiger partial charge is 0.497 e. The third-order valence-corrected chi connectivity index (χ3v) is 4.37. The van der Waals surface area contributed by atoms with E-state index in [2.05, 4.69) is 15.3 Å². The molecular formula is C22H20N4O3. The lowest BCUT2D eigenvalue weighted by molar-refractivity contribution is 0.298. The summed E-state index contributed by atoms with van der Waals surface area (Å²) in [5.41, 5.74) is 2.64. The van der Waals surface area contributed by atoms with Crippen LogP contribution in [0.4, 0.5) is 23.0 Å². The molecule has 2 N–H and O–H groups in total. The molecule has 0 amide bonds. The number of para-hydroxylation sites is 3. The fourth-order valence-electron chi connectivity index (χ4n) is 2.93. The Morgan fingerprint density at radius 3 is 2.00 bits per heavy atom. The highest BCUT2D eigenvalue weighted by Gasteiger charge is 2.17. The number of hydrogen-bond acceptors (Lipinski definition) is 7. The van der Waals surface area contributed by atoms with Crippen molar-refractivity contribution in [1.82, 2.24) is 9.97 Å². The summed E-state index contributed by atoms with van der Waals surface area (Å²) in [6.07, 6.45) is 0. The van der Waals surface area contributed by atoms with E-state index in [0.717, 1.165) is 5.06 Å². The van der Waals surface area contributed by atoms with Crippen LogP contribution in [0.2, 0.25) is 0 Å². The van der Waals surface area contributed by atoms with Crippen LogP contribution >= 0.6 is 0 Å². The van der Waals surface area contributed by atoms with Gasteiger partial charge in [0.15, 0.2) is 5.82 Å². The van der Waals surface area contributed by atoms with Crippen molar-refractivity contribution in [3.8, 4) is 11.5 Å². The van der Waals surface area contributed by atoms with Crippen molar-refractivity contribution in [2.75, 3.05) is 24.6 Å². The quantitative estimate of drug-likeness (QED) is 0.454. The summed E-state index contributed by atoms with van der Waals surface area (Å²) in [7, 11) is 3.18. The van der Waals surface area contributed by atoms with Crippen LogP contribution in [0.1, 0.15) is 0 Å². The average Bonchev–Trinajstić information content (AvgIpc) is 2.78. The molecule has 1 aromatic heterocycles. The Labute approximate surface area is 168 Å². The van der Waals surface area contributed by atoms with E-state index >= 15 is 0 Å². The molecule has 0 radical (unpaired) electrons. The molecule has 7 nitrogen and oxygen atoms in total. The predicted molar refractivity (Wildman–Crippen MR) is 113 cm³/mol. The van der Waals surface area contributed by atoms with Gasteiger partial charge < -0.3 is 14.8 Å². The molecule has 0 saturated carbocycles. The maximum absolute atomic E-state index is 10.9. The maximum atomic E-state index is 10.9. The molecule has 0 spiro atoms. The number of ether oxygens (including phenoxy) is 2. The molecule has 4 aromatic rings. The number of anilines is 4. The molecule has 1 heterocycles. The first-order valence-corrected chi connectivity index (χ1v) is 8.99. The van der Waals surface area contributed by atoms with E-state index in [-0.39, 0.29) is 5.82 Å². The molecule has 0 bridgehead atoms. The third kappa shape index (κ3) is 3.90. The molecule has 29 heavy (non-hydrogen) atoms. The first-order chi connectivity index (χ1) is 14.2. The van der Waals surface area contributed by atoms with Gasteiger partial charge in [-0.25, -0.2) is 15.0 Å². The summed E-state index contributed by atoms with van der Waals surface area (Å²) in [4.78, 5) is 9.29. The van der Waals surface area contributed by atoms with Gasteiger partial charge in [-0.2, -0.15) is 0 Å². The number of nitrogens with zero attached hydrogens (tertiary/aromatic N) is 3. The lowest BCUT2D eigenvalue weighted by atomic mass is 10.2. The van der Waals surface area contributed by atoms with Gasteiger partial charge in [0, 0.05) is 23.9 Å². The monoisotopic (exact) mass is 388 g/mol. The highest BCUT2D eigenvalue weighted by molar-refractivity contribution is 5.83. The highest BCUT2D eigenvalue weighted by atomic mass is 16.5. The molecule has 0 atom stereocenters. The van der Waals surface area contributed by atoms with Crippen LogP contribution < -0.4 is 19.9 Å². The minimum absolute atomic E-state index is 0.275. The van der Waals surface area contributed by atoms with E-state index in [1.165, 1.54) is 0 Å². The normalized spacial score (nSPS) is 10.6. The van der Waals surface area contributed by atoms with Crippen LogP contribution in [0, 0.1) is 0 Å². The van der Waals surface area contributed by atoms with E-state index in [1.807, 2.05) is 54.6 Å². The molecule has 3 aromatic carbocycles. The topological polar surface area (TPSA) is 79.7 Å². The van der Waals surface area contributed by atoms with Gasteiger partial charge in [-0.3, -0.25) is 5.21 Å².